The molecule has 0 unspecified atom stereocenters. The average molecular weight is 470 g/mol. The third-order valence-corrected chi connectivity index (χ3v) is 5.84. The minimum absolute atomic E-state index is 0.188. The van der Waals surface area contributed by atoms with Gasteiger partial charge in [0, 0.05) is 11.8 Å². The lowest BCUT2D eigenvalue weighted by atomic mass is 10.2. The van der Waals surface area contributed by atoms with Gasteiger partial charge in [-0.1, -0.05) is 47.6 Å². The van der Waals surface area contributed by atoms with Gasteiger partial charge in [-0.25, -0.2) is 0 Å². The van der Waals surface area contributed by atoms with Gasteiger partial charge in [-0.2, -0.15) is 13.2 Å². The van der Waals surface area contributed by atoms with Crippen LogP contribution in [0.3, 0.4) is 0 Å². The van der Waals surface area contributed by atoms with Crippen LogP contribution in [0.15, 0.2) is 53.7 Å². The summed E-state index contributed by atoms with van der Waals surface area (Å²) in [6, 6.07) is 14.2. The van der Waals surface area contributed by atoms with Crippen LogP contribution in [-0.4, -0.2) is 27.5 Å². The van der Waals surface area contributed by atoms with Crippen molar-refractivity contribution in [2.45, 2.75) is 42.6 Å². The number of hydrogen-bond acceptors (Lipinski definition) is 5. The van der Waals surface area contributed by atoms with Crippen LogP contribution >= 0.6 is 23.4 Å². The molecule has 164 valence electrons. The lowest BCUT2D eigenvalue weighted by Crippen LogP contribution is -2.19. The first-order valence-electron chi connectivity index (χ1n) is 9.61. The largest absolute Gasteiger partial charge is 0.484 e. The summed E-state index contributed by atoms with van der Waals surface area (Å²) in [6.45, 7) is -1.07. The van der Waals surface area contributed by atoms with Crippen molar-refractivity contribution in [3.05, 3.63) is 64.9 Å². The van der Waals surface area contributed by atoms with Crippen molar-refractivity contribution in [1.82, 2.24) is 14.8 Å². The quantitative estimate of drug-likeness (QED) is 0.355. The molecule has 0 spiro atoms. The predicted octanol–water partition coefficient (Wildman–Crippen LogP) is 6.08. The van der Waals surface area contributed by atoms with E-state index in [0.29, 0.717) is 28.4 Å². The number of ether oxygens (including phenoxy) is 2. The number of alkyl halides is 3. The van der Waals surface area contributed by atoms with E-state index < -0.39 is 12.8 Å². The number of aromatic nitrogens is 3. The second-order valence-corrected chi connectivity index (χ2v) is 8.41. The fourth-order valence-corrected chi connectivity index (χ4v) is 4.10. The van der Waals surface area contributed by atoms with Crippen LogP contribution in [0.5, 0.6) is 11.5 Å². The maximum atomic E-state index is 12.4. The Labute approximate surface area is 186 Å². The molecule has 1 aliphatic carbocycles. The van der Waals surface area contributed by atoms with Crippen LogP contribution in [0.25, 0.3) is 0 Å². The lowest BCUT2D eigenvalue weighted by molar-refractivity contribution is -0.153. The van der Waals surface area contributed by atoms with Gasteiger partial charge in [0.1, 0.15) is 18.1 Å². The van der Waals surface area contributed by atoms with Crippen molar-refractivity contribution in [3.8, 4) is 11.5 Å². The van der Waals surface area contributed by atoms with Crippen LogP contribution in [0.1, 0.15) is 30.3 Å². The minimum Gasteiger partial charge on any atom is -0.484 e. The van der Waals surface area contributed by atoms with E-state index in [9.17, 15) is 13.2 Å². The van der Waals surface area contributed by atoms with E-state index >= 15 is 0 Å². The number of para-hydroxylation sites is 1. The molecule has 0 N–H and O–H groups in total. The van der Waals surface area contributed by atoms with Crippen molar-refractivity contribution >= 4 is 23.4 Å². The molecule has 5 nitrogen and oxygen atoms in total. The summed E-state index contributed by atoms with van der Waals surface area (Å²) in [5.41, 5.74) is 0.837. The summed E-state index contributed by atoms with van der Waals surface area (Å²) in [5.74, 6) is 2.01. The summed E-state index contributed by atoms with van der Waals surface area (Å²) in [6.07, 6.45) is -2.27. The summed E-state index contributed by atoms with van der Waals surface area (Å²) >= 11 is 7.62. The normalized spacial score (nSPS) is 13.9. The first-order chi connectivity index (χ1) is 14.9. The van der Waals surface area contributed by atoms with Gasteiger partial charge >= 0.3 is 6.18 Å². The summed E-state index contributed by atoms with van der Waals surface area (Å²) in [4.78, 5) is 0. The van der Waals surface area contributed by atoms with E-state index in [4.69, 9.17) is 21.1 Å². The Kier molecular flexibility index (Phi) is 6.62. The Morgan fingerprint density at radius 2 is 1.87 bits per heavy atom. The molecule has 0 atom stereocenters. The highest BCUT2D eigenvalue weighted by atomic mass is 35.5. The molecule has 1 heterocycles. The Bertz CT molecular complexity index is 1040. The smallest absolute Gasteiger partial charge is 0.422 e. The zero-order chi connectivity index (χ0) is 21.8. The molecule has 0 aliphatic heterocycles. The number of thioether (sulfide) groups is 1. The van der Waals surface area contributed by atoms with E-state index in [1.807, 2.05) is 18.2 Å². The first kappa shape index (κ1) is 21.8. The second-order valence-electron chi connectivity index (χ2n) is 7.06. The van der Waals surface area contributed by atoms with E-state index in [0.717, 1.165) is 23.6 Å². The highest BCUT2D eigenvalue weighted by Gasteiger charge is 2.30. The van der Waals surface area contributed by atoms with E-state index in [1.54, 1.807) is 24.3 Å². The van der Waals surface area contributed by atoms with Crippen molar-refractivity contribution in [2.75, 3.05) is 6.61 Å². The van der Waals surface area contributed by atoms with Crippen molar-refractivity contribution in [2.24, 2.45) is 0 Å². The molecule has 0 bridgehead atoms. The van der Waals surface area contributed by atoms with Gasteiger partial charge in [-0.3, -0.25) is 4.57 Å². The zero-order valence-corrected chi connectivity index (χ0v) is 17.9. The summed E-state index contributed by atoms with van der Waals surface area (Å²) in [5, 5.41) is 9.87. The van der Waals surface area contributed by atoms with Crippen LogP contribution < -0.4 is 9.47 Å². The molecule has 3 aromatic rings. The number of halogens is 4. The van der Waals surface area contributed by atoms with Crippen LogP contribution in [0, 0.1) is 0 Å². The third kappa shape index (κ3) is 6.07. The Hall–Kier alpha value is -2.39. The maximum absolute atomic E-state index is 12.4. The van der Waals surface area contributed by atoms with E-state index in [1.165, 1.54) is 17.8 Å². The van der Waals surface area contributed by atoms with Gasteiger partial charge in [0.05, 0.1) is 5.02 Å². The highest BCUT2D eigenvalue weighted by molar-refractivity contribution is 7.98. The van der Waals surface area contributed by atoms with Gasteiger partial charge in [-0.15, -0.1) is 10.2 Å². The Morgan fingerprint density at radius 1 is 1.06 bits per heavy atom. The molecule has 1 aliphatic rings. The molecular formula is C21H19ClF3N3O2S. The van der Waals surface area contributed by atoms with Gasteiger partial charge in [0.2, 0.25) is 0 Å². The fraction of sp³-hybridized carbons (Fsp3) is 0.333. The van der Waals surface area contributed by atoms with Gasteiger partial charge in [-0.05, 0) is 42.7 Å². The Balaban J connectivity index is 1.41. The molecule has 0 saturated heterocycles. The molecule has 1 saturated carbocycles. The third-order valence-electron chi connectivity index (χ3n) is 4.51. The first-order valence-corrected chi connectivity index (χ1v) is 11.0. The molecule has 0 amide bonds. The molecule has 4 rings (SSSR count). The monoisotopic (exact) mass is 469 g/mol. The molecule has 31 heavy (non-hydrogen) atoms. The van der Waals surface area contributed by atoms with Crippen molar-refractivity contribution in [3.63, 3.8) is 0 Å². The predicted molar refractivity (Wildman–Crippen MR) is 112 cm³/mol. The number of nitrogens with zero attached hydrogens (tertiary/aromatic N) is 3. The van der Waals surface area contributed by atoms with E-state index in [2.05, 4.69) is 14.8 Å². The highest BCUT2D eigenvalue weighted by Crippen LogP contribution is 2.39. The van der Waals surface area contributed by atoms with Crippen LogP contribution in [0.4, 0.5) is 13.2 Å². The van der Waals surface area contributed by atoms with Crippen molar-refractivity contribution in [1.29, 1.82) is 0 Å². The topological polar surface area (TPSA) is 49.2 Å². The van der Waals surface area contributed by atoms with Crippen LogP contribution in [-0.2, 0) is 12.4 Å². The number of benzene rings is 2. The van der Waals surface area contributed by atoms with E-state index in [-0.39, 0.29) is 12.4 Å². The Morgan fingerprint density at radius 3 is 2.61 bits per heavy atom. The lowest BCUT2D eigenvalue weighted by Gasteiger charge is -2.11. The molecule has 1 fully saturated rings. The van der Waals surface area contributed by atoms with Gasteiger partial charge in [0.15, 0.2) is 17.6 Å². The maximum Gasteiger partial charge on any atom is 0.422 e. The van der Waals surface area contributed by atoms with Gasteiger partial charge < -0.3 is 9.47 Å². The molecule has 10 heteroatoms. The summed E-state index contributed by atoms with van der Waals surface area (Å²) in [7, 11) is 0. The second kappa shape index (κ2) is 9.40. The molecule has 0 radical (unpaired) electrons. The molecular weight excluding hydrogens is 451 g/mol. The molecule has 2 aromatic carbocycles. The van der Waals surface area contributed by atoms with Gasteiger partial charge in [0.25, 0.3) is 0 Å². The standard InChI is InChI=1S/C21H19ClF3N3O2S/c22-17-6-1-2-7-18(17)29-11-19-26-27-20(28(19)15-8-9-15)31-12-14-4-3-5-16(10-14)30-13-21(23,24)25/h1-7,10,15H,8-9,11-13H2. The minimum atomic E-state index is -4.37. The number of rotatable bonds is 9. The zero-order valence-electron chi connectivity index (χ0n) is 16.3. The number of hydrogen-bond donors (Lipinski definition) is 0. The van der Waals surface area contributed by atoms with Crippen LogP contribution in [0.2, 0.25) is 5.02 Å². The van der Waals surface area contributed by atoms with Crippen molar-refractivity contribution < 1.29 is 22.6 Å². The molecule has 1 aromatic heterocycles. The fourth-order valence-electron chi connectivity index (χ4n) is 2.95. The summed E-state index contributed by atoms with van der Waals surface area (Å²) < 4.78 is 49.8. The average Bonchev–Trinajstić information content (AvgIpc) is 3.50. The SMILES string of the molecule is FC(F)(F)COc1cccc(CSc2nnc(COc3ccccc3Cl)n2C2CC2)c1.